The zero-order valence-electron chi connectivity index (χ0n) is 8.04. The van der Waals surface area contributed by atoms with Crippen LogP contribution in [0.25, 0.3) is 5.57 Å². The van der Waals surface area contributed by atoms with Crippen LogP contribution in [0.4, 0.5) is 8.78 Å². The molecule has 0 amide bonds. The lowest BCUT2D eigenvalue weighted by Crippen LogP contribution is -1.97. The monoisotopic (exact) mass is 182 g/mol. The van der Waals surface area contributed by atoms with Crippen LogP contribution in [0.3, 0.4) is 0 Å². The summed E-state index contributed by atoms with van der Waals surface area (Å²) in [4.78, 5) is 0. The van der Waals surface area contributed by atoms with Crippen molar-refractivity contribution < 1.29 is 8.78 Å². The van der Waals surface area contributed by atoms with Gasteiger partial charge in [0, 0.05) is 0 Å². The third-order valence-corrected chi connectivity index (χ3v) is 2.08. The van der Waals surface area contributed by atoms with Gasteiger partial charge in [0.05, 0.1) is 0 Å². The summed E-state index contributed by atoms with van der Waals surface area (Å²) in [6, 6.07) is 1.20. The first kappa shape index (κ1) is 9.90. The first-order valence-electron chi connectivity index (χ1n) is 4.06. The molecule has 0 N–H and O–H groups in total. The minimum atomic E-state index is -0.792. The van der Waals surface area contributed by atoms with Crippen LogP contribution in [0, 0.1) is 25.5 Å². The van der Waals surface area contributed by atoms with Gasteiger partial charge in [0.15, 0.2) is 11.6 Å². The van der Waals surface area contributed by atoms with Crippen LogP contribution in [0.1, 0.15) is 23.6 Å². The molecule has 1 rings (SSSR count). The average Bonchev–Trinajstić information content (AvgIpc) is 1.99. The molecule has 0 unspecified atom stereocenters. The smallest absolute Gasteiger partial charge is 0.162 e. The summed E-state index contributed by atoms with van der Waals surface area (Å²) in [5, 5.41) is 0. The Kier molecular flexibility index (Phi) is 2.50. The molecule has 0 aliphatic rings. The quantitative estimate of drug-likeness (QED) is 0.622. The molecule has 0 bridgehead atoms. The highest BCUT2D eigenvalue weighted by Gasteiger charge is 2.12. The molecule has 0 aromatic heterocycles. The Labute approximate surface area is 76.9 Å². The summed E-state index contributed by atoms with van der Waals surface area (Å²) in [5.74, 6) is -1.57. The van der Waals surface area contributed by atoms with Gasteiger partial charge in [-0.2, -0.15) is 0 Å². The second-order valence-electron chi connectivity index (χ2n) is 3.27. The van der Waals surface area contributed by atoms with Crippen LogP contribution in [-0.4, -0.2) is 0 Å². The summed E-state index contributed by atoms with van der Waals surface area (Å²) < 4.78 is 26.0. The van der Waals surface area contributed by atoms with Crippen molar-refractivity contribution in [2.24, 2.45) is 0 Å². The van der Waals surface area contributed by atoms with E-state index in [4.69, 9.17) is 0 Å². The molecule has 0 saturated heterocycles. The fourth-order valence-electron chi connectivity index (χ4n) is 1.57. The van der Waals surface area contributed by atoms with Crippen molar-refractivity contribution in [1.29, 1.82) is 0 Å². The van der Waals surface area contributed by atoms with Gasteiger partial charge in [-0.05, 0) is 43.5 Å². The first-order valence-corrected chi connectivity index (χ1v) is 4.06. The summed E-state index contributed by atoms with van der Waals surface area (Å²) in [5.41, 5.74) is 2.54. The lowest BCUT2D eigenvalue weighted by Gasteiger charge is -2.10. The maximum Gasteiger partial charge on any atom is 0.162 e. The average molecular weight is 182 g/mol. The van der Waals surface area contributed by atoms with Crippen LogP contribution in [0.5, 0.6) is 0 Å². The summed E-state index contributed by atoms with van der Waals surface area (Å²) in [6.45, 7) is 8.83. The molecule has 0 spiro atoms. The van der Waals surface area contributed by atoms with Gasteiger partial charge < -0.3 is 0 Å². The maximum absolute atomic E-state index is 13.1. The van der Waals surface area contributed by atoms with E-state index in [-0.39, 0.29) is 0 Å². The fourth-order valence-corrected chi connectivity index (χ4v) is 1.57. The fraction of sp³-hybridized carbons (Fsp3) is 0.273. The second-order valence-corrected chi connectivity index (χ2v) is 3.27. The van der Waals surface area contributed by atoms with E-state index in [1.165, 1.54) is 6.07 Å². The number of aryl methyl sites for hydroxylation is 1. The normalized spacial score (nSPS) is 10.2. The summed E-state index contributed by atoms with van der Waals surface area (Å²) >= 11 is 0. The van der Waals surface area contributed by atoms with E-state index in [0.717, 1.165) is 16.7 Å². The van der Waals surface area contributed by atoms with E-state index in [1.54, 1.807) is 20.8 Å². The maximum atomic E-state index is 13.1. The molecular weight excluding hydrogens is 170 g/mol. The Balaban J connectivity index is 3.53. The molecule has 0 atom stereocenters. The molecule has 1 aromatic carbocycles. The van der Waals surface area contributed by atoms with Crippen molar-refractivity contribution in [2.45, 2.75) is 20.8 Å². The highest BCUT2D eigenvalue weighted by atomic mass is 19.2. The van der Waals surface area contributed by atoms with E-state index in [9.17, 15) is 8.78 Å². The molecule has 70 valence electrons. The van der Waals surface area contributed by atoms with Crippen LogP contribution in [0.15, 0.2) is 12.6 Å². The number of benzene rings is 1. The van der Waals surface area contributed by atoms with Crippen molar-refractivity contribution in [2.75, 3.05) is 0 Å². The molecule has 0 radical (unpaired) electrons. The largest absolute Gasteiger partial charge is 0.204 e. The number of halogens is 2. The predicted molar refractivity (Wildman–Crippen MR) is 50.5 cm³/mol. The Morgan fingerprint density at radius 3 is 2.31 bits per heavy atom. The van der Waals surface area contributed by atoms with Crippen molar-refractivity contribution in [1.82, 2.24) is 0 Å². The molecule has 0 nitrogen and oxygen atoms in total. The number of hydrogen-bond donors (Lipinski definition) is 0. The number of allylic oxidation sites excluding steroid dienone is 1. The van der Waals surface area contributed by atoms with Gasteiger partial charge in [-0.3, -0.25) is 0 Å². The number of rotatable bonds is 1. The minimum absolute atomic E-state index is 0.338. The first-order chi connectivity index (χ1) is 5.95. The van der Waals surface area contributed by atoms with Crippen molar-refractivity contribution in [3.8, 4) is 0 Å². The van der Waals surface area contributed by atoms with Gasteiger partial charge in [-0.1, -0.05) is 12.2 Å². The standard InChI is InChI=1S/C11H12F2/c1-6(2)10-7(3)5-9(12)11(13)8(10)4/h5H,1H2,2-4H3. The van der Waals surface area contributed by atoms with Crippen molar-refractivity contribution in [3.63, 3.8) is 0 Å². The van der Waals surface area contributed by atoms with Gasteiger partial charge in [-0.25, -0.2) is 8.78 Å². The zero-order chi connectivity index (χ0) is 10.2. The lowest BCUT2D eigenvalue weighted by molar-refractivity contribution is 0.501. The van der Waals surface area contributed by atoms with Gasteiger partial charge >= 0.3 is 0 Å². The van der Waals surface area contributed by atoms with Crippen molar-refractivity contribution >= 4 is 5.57 Å². The van der Waals surface area contributed by atoms with Gasteiger partial charge in [0.1, 0.15) is 0 Å². The Morgan fingerprint density at radius 1 is 1.31 bits per heavy atom. The Bertz CT molecular complexity index is 365. The molecule has 2 heteroatoms. The SMILES string of the molecule is C=C(C)c1c(C)cc(F)c(F)c1C. The highest BCUT2D eigenvalue weighted by Crippen LogP contribution is 2.25. The molecule has 13 heavy (non-hydrogen) atoms. The minimum Gasteiger partial charge on any atom is -0.204 e. The molecule has 0 aliphatic heterocycles. The molecular formula is C11H12F2. The van der Waals surface area contributed by atoms with E-state index in [1.807, 2.05) is 0 Å². The third-order valence-electron chi connectivity index (χ3n) is 2.08. The molecule has 0 saturated carbocycles. The summed E-state index contributed by atoms with van der Waals surface area (Å²) in [7, 11) is 0. The van der Waals surface area contributed by atoms with Crippen LogP contribution in [0.2, 0.25) is 0 Å². The number of hydrogen-bond acceptors (Lipinski definition) is 0. The van der Waals surface area contributed by atoms with Crippen LogP contribution >= 0.6 is 0 Å². The highest BCUT2D eigenvalue weighted by molar-refractivity contribution is 5.67. The molecule has 1 aromatic rings. The van der Waals surface area contributed by atoms with E-state index in [2.05, 4.69) is 6.58 Å². The second kappa shape index (κ2) is 3.29. The van der Waals surface area contributed by atoms with Gasteiger partial charge in [0.25, 0.3) is 0 Å². The van der Waals surface area contributed by atoms with E-state index in [0.29, 0.717) is 5.56 Å². The van der Waals surface area contributed by atoms with Crippen LogP contribution < -0.4 is 0 Å². The van der Waals surface area contributed by atoms with E-state index >= 15 is 0 Å². The molecule has 0 aliphatic carbocycles. The van der Waals surface area contributed by atoms with Crippen LogP contribution in [-0.2, 0) is 0 Å². The van der Waals surface area contributed by atoms with Gasteiger partial charge in [0.2, 0.25) is 0 Å². The lowest BCUT2D eigenvalue weighted by atomic mass is 9.97. The molecule has 0 fully saturated rings. The Hall–Kier alpha value is -1.18. The topological polar surface area (TPSA) is 0 Å². The Morgan fingerprint density at radius 2 is 1.85 bits per heavy atom. The summed E-state index contributed by atoms with van der Waals surface area (Å²) in [6.07, 6.45) is 0. The van der Waals surface area contributed by atoms with Gasteiger partial charge in [-0.15, -0.1) is 0 Å². The zero-order valence-corrected chi connectivity index (χ0v) is 8.04. The molecule has 0 heterocycles. The van der Waals surface area contributed by atoms with Crippen molar-refractivity contribution in [3.05, 3.63) is 41.0 Å². The predicted octanol–water partition coefficient (Wildman–Crippen LogP) is 3.61. The third kappa shape index (κ3) is 1.62. The van der Waals surface area contributed by atoms with E-state index < -0.39 is 11.6 Å².